The molecule has 0 spiro atoms. The van der Waals surface area contributed by atoms with Gasteiger partial charge in [0.2, 0.25) is 5.51 Å². The fourth-order valence-electron chi connectivity index (χ4n) is 1.76. The van der Waals surface area contributed by atoms with Crippen LogP contribution in [0.5, 0.6) is 0 Å². The van der Waals surface area contributed by atoms with Crippen LogP contribution in [0.15, 0.2) is 16.5 Å². The first-order chi connectivity index (χ1) is 8.61. The van der Waals surface area contributed by atoms with Gasteiger partial charge in [0.25, 0.3) is 5.56 Å². The average Bonchev–Trinajstić information content (AvgIpc) is 2.66. The van der Waals surface area contributed by atoms with E-state index < -0.39 is 0 Å². The highest BCUT2D eigenvalue weighted by atomic mass is 35.5. The lowest BCUT2D eigenvalue weighted by atomic mass is 10.3. The number of hydrogen-bond acceptors (Lipinski definition) is 4. The Labute approximate surface area is 133 Å². The maximum atomic E-state index is 11.7. The van der Waals surface area contributed by atoms with E-state index in [0.29, 0.717) is 24.4 Å². The molecule has 0 radical (unpaired) electrons. The quantitative estimate of drug-likeness (QED) is 0.547. The van der Waals surface area contributed by atoms with Crippen molar-refractivity contribution >= 4 is 11.3 Å². The molecule has 20 heavy (non-hydrogen) atoms. The maximum absolute atomic E-state index is 11.7. The molecule has 0 fully saturated rings. The summed E-state index contributed by atoms with van der Waals surface area (Å²) in [7, 11) is 0. The van der Waals surface area contributed by atoms with Crippen molar-refractivity contribution in [3.8, 4) is 0 Å². The van der Waals surface area contributed by atoms with Gasteiger partial charge in [-0.15, -0.1) is 0 Å². The van der Waals surface area contributed by atoms with Crippen molar-refractivity contribution in [2.45, 2.75) is 26.8 Å². The summed E-state index contributed by atoms with van der Waals surface area (Å²) in [5, 5.41) is 8.95. The van der Waals surface area contributed by atoms with Gasteiger partial charge in [-0.25, -0.2) is 4.98 Å². The number of aromatic nitrogens is 3. The van der Waals surface area contributed by atoms with E-state index in [1.807, 2.05) is 17.0 Å². The van der Waals surface area contributed by atoms with Crippen LogP contribution in [0.1, 0.15) is 22.0 Å². The third-order valence-electron chi connectivity index (χ3n) is 2.84. The number of rotatable bonds is 4. The first-order valence-electron chi connectivity index (χ1n) is 5.74. The van der Waals surface area contributed by atoms with E-state index in [0.717, 1.165) is 10.6 Å². The van der Waals surface area contributed by atoms with Gasteiger partial charge in [-0.1, -0.05) is 11.3 Å². The lowest BCUT2D eigenvalue weighted by molar-refractivity contribution is -0.689. The summed E-state index contributed by atoms with van der Waals surface area (Å²) in [5.74, 6) is 0.622. The third-order valence-corrected chi connectivity index (χ3v) is 3.98. The SMILES string of the molecule is Cc1ncc(C[n+]2csc(CCO)c2C)c(=O)[nH]1.[Cl-].[Cl-]. The molecular formula is C12H16Cl2N3O2S-. The summed E-state index contributed by atoms with van der Waals surface area (Å²) in [6, 6.07) is 0. The minimum atomic E-state index is -0.0932. The van der Waals surface area contributed by atoms with Gasteiger partial charge in [-0.2, -0.15) is 4.57 Å². The lowest BCUT2D eigenvalue weighted by Gasteiger charge is -1.97. The van der Waals surface area contributed by atoms with E-state index in [1.54, 1.807) is 24.5 Å². The summed E-state index contributed by atoms with van der Waals surface area (Å²) in [5.41, 5.74) is 3.61. The molecule has 0 saturated carbocycles. The van der Waals surface area contributed by atoms with Crippen LogP contribution in [0.2, 0.25) is 0 Å². The van der Waals surface area contributed by atoms with Crippen molar-refractivity contribution in [2.75, 3.05) is 6.61 Å². The van der Waals surface area contributed by atoms with Crippen LogP contribution < -0.4 is 34.9 Å². The number of aliphatic hydroxyl groups excluding tert-OH is 1. The van der Waals surface area contributed by atoms with Crippen molar-refractivity contribution in [1.29, 1.82) is 0 Å². The second-order valence-electron chi connectivity index (χ2n) is 4.16. The second-order valence-corrected chi connectivity index (χ2v) is 5.10. The van der Waals surface area contributed by atoms with Gasteiger partial charge in [0.05, 0.1) is 4.88 Å². The normalized spacial score (nSPS) is 9.75. The van der Waals surface area contributed by atoms with Gasteiger partial charge in [-0.05, 0) is 6.92 Å². The van der Waals surface area contributed by atoms with Crippen LogP contribution in [-0.4, -0.2) is 21.7 Å². The first-order valence-corrected chi connectivity index (χ1v) is 6.62. The van der Waals surface area contributed by atoms with Crippen LogP contribution >= 0.6 is 11.3 Å². The minimum absolute atomic E-state index is 0. The molecule has 0 aliphatic carbocycles. The summed E-state index contributed by atoms with van der Waals surface area (Å²) in [6.45, 7) is 4.41. The van der Waals surface area contributed by atoms with E-state index in [1.165, 1.54) is 0 Å². The predicted octanol–water partition coefficient (Wildman–Crippen LogP) is -5.67. The van der Waals surface area contributed by atoms with Crippen LogP contribution in [0.4, 0.5) is 0 Å². The Balaban J connectivity index is 0.00000180. The number of aromatic amines is 1. The Morgan fingerprint density at radius 3 is 2.70 bits per heavy atom. The summed E-state index contributed by atoms with van der Waals surface area (Å²) >= 11 is 1.60. The smallest absolute Gasteiger partial charge is 0.260 e. The number of hydrogen-bond donors (Lipinski definition) is 2. The molecule has 0 aliphatic heterocycles. The van der Waals surface area contributed by atoms with E-state index in [4.69, 9.17) is 5.11 Å². The molecule has 2 rings (SSSR count). The monoisotopic (exact) mass is 336 g/mol. The molecule has 2 aromatic heterocycles. The molecule has 2 N–H and O–H groups in total. The Kier molecular flexibility index (Phi) is 7.96. The average molecular weight is 337 g/mol. The van der Waals surface area contributed by atoms with Gasteiger partial charge in [0.15, 0.2) is 12.2 Å². The van der Waals surface area contributed by atoms with E-state index >= 15 is 0 Å². The zero-order valence-corrected chi connectivity index (χ0v) is 13.5. The molecule has 2 heterocycles. The predicted molar refractivity (Wildman–Crippen MR) is 68.7 cm³/mol. The van der Waals surface area contributed by atoms with Gasteiger partial charge in [-0.3, -0.25) is 4.79 Å². The number of thiazole rings is 1. The van der Waals surface area contributed by atoms with Crippen LogP contribution in [-0.2, 0) is 13.0 Å². The van der Waals surface area contributed by atoms with Crippen LogP contribution in [0, 0.1) is 13.8 Å². The molecule has 0 bridgehead atoms. The Morgan fingerprint density at radius 1 is 1.40 bits per heavy atom. The largest absolute Gasteiger partial charge is 1.00 e. The summed E-state index contributed by atoms with van der Waals surface area (Å²) in [6.07, 6.45) is 2.27. The topological polar surface area (TPSA) is 69.9 Å². The van der Waals surface area contributed by atoms with Gasteiger partial charge in [0, 0.05) is 26.1 Å². The molecule has 8 heteroatoms. The van der Waals surface area contributed by atoms with Crippen LogP contribution in [0.3, 0.4) is 0 Å². The molecule has 0 atom stereocenters. The summed E-state index contributed by atoms with van der Waals surface area (Å²) in [4.78, 5) is 19.7. The van der Waals surface area contributed by atoms with E-state index in [9.17, 15) is 4.79 Å². The van der Waals surface area contributed by atoms with E-state index in [2.05, 4.69) is 9.97 Å². The Hall–Kier alpha value is -0.950. The maximum Gasteiger partial charge on any atom is 0.260 e. The molecule has 2 aromatic rings. The number of nitrogens with one attached hydrogen (secondary N) is 1. The molecular weight excluding hydrogens is 321 g/mol. The molecule has 112 valence electrons. The Bertz CT molecular complexity index is 613. The van der Waals surface area contributed by atoms with Gasteiger partial charge >= 0.3 is 0 Å². The van der Waals surface area contributed by atoms with Crippen molar-refractivity contribution in [1.82, 2.24) is 9.97 Å². The lowest BCUT2D eigenvalue weighted by Crippen LogP contribution is -3.00. The second kappa shape index (κ2) is 8.36. The molecule has 0 saturated heterocycles. The van der Waals surface area contributed by atoms with Crippen LogP contribution in [0.25, 0.3) is 0 Å². The third kappa shape index (κ3) is 4.28. The minimum Gasteiger partial charge on any atom is -1.00 e. The Morgan fingerprint density at radius 2 is 2.10 bits per heavy atom. The molecule has 0 aliphatic rings. The molecule has 0 unspecified atom stereocenters. The van der Waals surface area contributed by atoms with Crippen molar-refractivity contribution in [2.24, 2.45) is 0 Å². The zero-order valence-electron chi connectivity index (χ0n) is 11.2. The van der Waals surface area contributed by atoms with Crippen molar-refractivity contribution in [3.05, 3.63) is 44.0 Å². The number of aryl methyl sites for hydroxylation is 1. The highest BCUT2D eigenvalue weighted by Gasteiger charge is 2.16. The van der Waals surface area contributed by atoms with Gasteiger partial charge in [0.1, 0.15) is 11.4 Å². The summed E-state index contributed by atoms with van der Waals surface area (Å²) < 4.78 is 2.01. The highest BCUT2D eigenvalue weighted by Crippen LogP contribution is 2.11. The van der Waals surface area contributed by atoms with Crippen molar-refractivity contribution < 1.29 is 34.5 Å². The fraction of sp³-hybridized carbons (Fsp3) is 0.417. The first kappa shape index (κ1) is 19.1. The van der Waals surface area contributed by atoms with E-state index in [-0.39, 0.29) is 37.0 Å². The number of H-pyrrole nitrogens is 1. The highest BCUT2D eigenvalue weighted by molar-refractivity contribution is 7.09. The zero-order chi connectivity index (χ0) is 13.1. The molecule has 0 aromatic carbocycles. The number of halogens is 2. The standard InChI is InChI=1S/C12H15N3O2S.2ClH/c1-8-11(3-4-16)18-7-15(8)6-10-5-13-9(2)14-12(10)17;;/h5,7,16H,3-4,6H2,1-2H3;2*1H/p-1. The molecule has 0 amide bonds. The number of nitrogens with zero attached hydrogens (tertiary/aromatic N) is 2. The molecule has 5 nitrogen and oxygen atoms in total. The van der Waals surface area contributed by atoms with Crippen molar-refractivity contribution in [3.63, 3.8) is 0 Å². The number of aliphatic hydroxyl groups is 1. The van der Waals surface area contributed by atoms with Gasteiger partial charge < -0.3 is 34.9 Å². The fourth-order valence-corrected chi connectivity index (χ4v) is 2.74.